The van der Waals surface area contributed by atoms with Gasteiger partial charge in [-0.1, -0.05) is 0 Å². The third kappa shape index (κ3) is 1560. The van der Waals surface area contributed by atoms with Crippen LogP contribution in [0.2, 0.25) is 0 Å². The van der Waals surface area contributed by atoms with Gasteiger partial charge in [-0.3, -0.25) is 9.11 Å². The van der Waals surface area contributed by atoms with E-state index in [4.69, 9.17) is 18.1 Å². The number of carbonyl (C=O) groups is 1. The molecular formula is CH7N2NaO4S2. The molecule has 10 heavy (non-hydrogen) atoms. The van der Waals surface area contributed by atoms with E-state index >= 15 is 0 Å². The van der Waals surface area contributed by atoms with Crippen LogP contribution in [0.25, 0.3) is 0 Å². The summed E-state index contributed by atoms with van der Waals surface area (Å²) in [6.07, 6.45) is 0. The Morgan fingerprint density at radius 2 is 1.50 bits per heavy atom. The van der Waals surface area contributed by atoms with Gasteiger partial charge in [0.1, 0.15) is 0 Å². The summed E-state index contributed by atoms with van der Waals surface area (Å²) in [4.78, 5) is 9.00. The molecule has 6 N–H and O–H groups in total. The van der Waals surface area contributed by atoms with E-state index in [9.17, 15) is 0 Å². The molecule has 9 heteroatoms. The molecule has 0 aliphatic heterocycles. The molecule has 0 heterocycles. The van der Waals surface area contributed by atoms with Gasteiger partial charge in [0.25, 0.3) is 9.05 Å². The van der Waals surface area contributed by atoms with Crippen molar-refractivity contribution in [3.63, 3.8) is 0 Å². The summed E-state index contributed by atoms with van der Waals surface area (Å²) in [5.41, 5.74) is 8.50. The van der Waals surface area contributed by atoms with Crippen molar-refractivity contribution in [1.29, 1.82) is 0 Å². The molecule has 0 aromatic heterocycles. The predicted octanol–water partition coefficient (Wildman–Crippen LogP) is -4.18. The minimum Gasteiger partial charge on any atom is -1.00 e. The van der Waals surface area contributed by atoms with Crippen LogP contribution >= 0.6 is 0 Å². The van der Waals surface area contributed by atoms with Crippen molar-refractivity contribution in [1.82, 2.24) is 0 Å². The van der Waals surface area contributed by atoms with E-state index in [2.05, 4.69) is 22.7 Å². The van der Waals surface area contributed by atoms with E-state index in [1.807, 2.05) is 0 Å². The Kier molecular flexibility index (Phi) is 12.9. The molecule has 0 saturated heterocycles. The van der Waals surface area contributed by atoms with Crippen LogP contribution in [0.4, 0.5) is 4.79 Å². The van der Waals surface area contributed by atoms with Crippen molar-refractivity contribution in [2.45, 2.75) is 0 Å². The number of rotatable bonds is 0. The fraction of sp³-hybridized carbons (Fsp3) is 0. The van der Waals surface area contributed by atoms with E-state index < -0.39 is 15.1 Å². The Balaban J connectivity index is -0.0000000383. The minimum absolute atomic E-state index is 0. The Morgan fingerprint density at radius 1 is 1.50 bits per heavy atom. The SMILES string of the molecule is NC(N)=O.O=S(O)(O)=S.[H-].[Na+]. The smallest absolute Gasteiger partial charge is 1.00 e. The summed E-state index contributed by atoms with van der Waals surface area (Å²) in [5, 5.41) is 0. The standard InChI is InChI=1S/CH4N2O.Na.H2O3S2.H/c2-1(3)4;;1-5(2,3)4;/h(H4,2,3,4);;(H2,1,2,3,4);/q;+1;;-1. The zero-order chi connectivity index (χ0) is 8.08. The second-order valence-electron chi connectivity index (χ2n) is 0.850. The molecule has 0 bridgehead atoms. The molecule has 0 unspecified atom stereocenters. The van der Waals surface area contributed by atoms with Crippen molar-refractivity contribution in [3.05, 3.63) is 0 Å². The van der Waals surface area contributed by atoms with Gasteiger partial charge >= 0.3 is 35.6 Å². The molecule has 0 aromatic rings. The molecule has 0 aliphatic carbocycles. The van der Waals surface area contributed by atoms with Crippen LogP contribution in [0, 0.1) is 0 Å². The average molecular weight is 198 g/mol. The molecular weight excluding hydrogens is 191 g/mol. The fourth-order valence-electron chi connectivity index (χ4n) is 0. The van der Waals surface area contributed by atoms with E-state index in [1.165, 1.54) is 0 Å². The van der Waals surface area contributed by atoms with E-state index in [-0.39, 0.29) is 31.0 Å². The fourth-order valence-corrected chi connectivity index (χ4v) is 0. The number of nitrogens with two attached hydrogens (primary N) is 2. The van der Waals surface area contributed by atoms with Gasteiger partial charge in [0.05, 0.1) is 0 Å². The second-order valence-corrected chi connectivity index (χ2v) is 3.05. The van der Waals surface area contributed by atoms with Gasteiger partial charge in [-0.2, -0.15) is 4.21 Å². The van der Waals surface area contributed by atoms with E-state index in [1.54, 1.807) is 0 Å². The van der Waals surface area contributed by atoms with Crippen molar-refractivity contribution < 1.29 is 49.1 Å². The van der Waals surface area contributed by atoms with Crippen molar-refractivity contribution in [2.75, 3.05) is 0 Å². The third-order valence-electron chi connectivity index (χ3n) is 0. The molecule has 58 valence electrons. The van der Waals surface area contributed by atoms with Gasteiger partial charge in [-0.15, -0.1) is 0 Å². The van der Waals surface area contributed by atoms with Gasteiger partial charge in [0, 0.05) is 11.2 Å². The summed E-state index contributed by atoms with van der Waals surface area (Å²) in [6.45, 7) is 0. The summed E-state index contributed by atoms with van der Waals surface area (Å²) in [7, 11) is -3.83. The van der Waals surface area contributed by atoms with Gasteiger partial charge in [0.15, 0.2) is 0 Å². The number of urea groups is 1. The first-order valence-electron chi connectivity index (χ1n) is 1.48. The Labute approximate surface area is 86.4 Å². The molecule has 0 aromatic carbocycles. The molecule has 0 saturated carbocycles. The Hall–Kier alpha value is 0.560. The number of carbonyl (C=O) groups excluding carboxylic acids is 1. The van der Waals surface area contributed by atoms with Gasteiger partial charge < -0.3 is 12.9 Å². The van der Waals surface area contributed by atoms with Gasteiger partial charge in [0.2, 0.25) is 0 Å². The Bertz CT molecular complexity index is 169. The normalized spacial score (nSPS) is 8.20. The van der Waals surface area contributed by atoms with Crippen molar-refractivity contribution >= 4 is 26.3 Å². The van der Waals surface area contributed by atoms with Crippen molar-refractivity contribution in [2.24, 2.45) is 11.5 Å². The molecule has 0 atom stereocenters. The largest absolute Gasteiger partial charge is 1.00 e. The Morgan fingerprint density at radius 3 is 1.50 bits per heavy atom. The van der Waals surface area contributed by atoms with Gasteiger partial charge in [-0.05, 0) is 0 Å². The molecule has 0 aliphatic rings. The first-order chi connectivity index (χ1) is 3.73. The van der Waals surface area contributed by atoms with Crippen LogP contribution in [-0.4, -0.2) is 19.3 Å². The summed E-state index contributed by atoms with van der Waals surface area (Å²) >= 11 is 3.47. The number of amides is 2. The zero-order valence-corrected chi connectivity index (χ0v) is 8.82. The maximum Gasteiger partial charge on any atom is 1.00 e. The first-order valence-corrected chi connectivity index (χ1v) is 3.88. The van der Waals surface area contributed by atoms with Gasteiger partial charge in [-0.25, -0.2) is 4.79 Å². The summed E-state index contributed by atoms with van der Waals surface area (Å²) < 4.78 is 24.0. The van der Waals surface area contributed by atoms with Crippen LogP contribution in [0.5, 0.6) is 0 Å². The summed E-state index contributed by atoms with van der Waals surface area (Å²) in [5.74, 6) is 0. The van der Waals surface area contributed by atoms with Crippen molar-refractivity contribution in [3.8, 4) is 0 Å². The minimum atomic E-state index is -3.83. The van der Waals surface area contributed by atoms with Crippen LogP contribution < -0.4 is 41.0 Å². The monoisotopic (exact) mass is 198 g/mol. The maximum atomic E-state index is 9.11. The van der Waals surface area contributed by atoms with Crippen LogP contribution in [0.1, 0.15) is 1.43 Å². The maximum absolute atomic E-state index is 9.11. The van der Waals surface area contributed by atoms with Crippen LogP contribution in [-0.2, 0) is 20.2 Å². The van der Waals surface area contributed by atoms with E-state index in [0.717, 1.165) is 0 Å². The van der Waals surface area contributed by atoms with E-state index in [0.29, 0.717) is 0 Å². The number of hydrogen-bond donors (Lipinski definition) is 4. The molecule has 0 spiro atoms. The summed E-state index contributed by atoms with van der Waals surface area (Å²) in [6, 6.07) is -0.833. The first kappa shape index (κ1) is 16.9. The zero-order valence-electron chi connectivity index (χ0n) is 6.18. The molecule has 0 radical (unpaired) electrons. The molecule has 2 amide bonds. The number of hydrogen-bond acceptors (Lipinski definition) is 3. The quantitative estimate of drug-likeness (QED) is 0.294. The average Bonchev–Trinajstić information content (AvgIpc) is 1.19. The second kappa shape index (κ2) is 7.66. The number of primary amides is 2. The topological polar surface area (TPSA) is 127 Å². The van der Waals surface area contributed by atoms with Crippen LogP contribution in [0.3, 0.4) is 0 Å². The van der Waals surface area contributed by atoms with Crippen LogP contribution in [0.15, 0.2) is 0 Å². The predicted molar refractivity (Wildman–Crippen MR) is 35.6 cm³/mol. The third-order valence-corrected chi connectivity index (χ3v) is 0. The molecule has 0 fully saturated rings. The molecule has 6 nitrogen and oxygen atoms in total. The molecule has 0 rings (SSSR count).